The molecule has 6 nitrogen and oxygen atoms in total. The number of carbonyl (C=O) groups excluding carboxylic acids is 1. The van der Waals surface area contributed by atoms with Crippen LogP contribution in [0.4, 0.5) is 11.5 Å². The van der Waals surface area contributed by atoms with E-state index < -0.39 is 0 Å². The molecule has 120 valence electrons. The van der Waals surface area contributed by atoms with Crippen LogP contribution in [0.15, 0.2) is 36.5 Å². The van der Waals surface area contributed by atoms with Gasteiger partial charge in [-0.1, -0.05) is 18.2 Å². The SMILES string of the molecule is COCCn1ccc(NC(=O)CCc2ccccc2N)n1.Cl. The Labute approximate surface area is 136 Å². The van der Waals surface area contributed by atoms with E-state index in [0.717, 1.165) is 5.56 Å². The summed E-state index contributed by atoms with van der Waals surface area (Å²) in [5, 5.41) is 7.02. The number of hydrogen-bond acceptors (Lipinski definition) is 4. The van der Waals surface area contributed by atoms with Crippen molar-refractivity contribution in [3.05, 3.63) is 42.1 Å². The molecule has 0 atom stereocenters. The van der Waals surface area contributed by atoms with Crippen molar-refractivity contribution < 1.29 is 9.53 Å². The lowest BCUT2D eigenvalue weighted by atomic mass is 10.1. The summed E-state index contributed by atoms with van der Waals surface area (Å²) < 4.78 is 6.71. The Morgan fingerprint density at radius 3 is 2.86 bits per heavy atom. The molecule has 0 radical (unpaired) electrons. The number of aromatic nitrogens is 2. The van der Waals surface area contributed by atoms with Gasteiger partial charge in [0, 0.05) is 31.5 Å². The summed E-state index contributed by atoms with van der Waals surface area (Å²) in [5.74, 6) is 0.479. The van der Waals surface area contributed by atoms with Gasteiger partial charge in [0.15, 0.2) is 5.82 Å². The summed E-state index contributed by atoms with van der Waals surface area (Å²) in [4.78, 5) is 11.9. The minimum absolute atomic E-state index is 0. The Bertz CT molecular complexity index is 601. The van der Waals surface area contributed by atoms with Crippen LogP contribution in [0, 0.1) is 0 Å². The fraction of sp³-hybridized carbons (Fsp3) is 0.333. The number of halogens is 1. The predicted octanol–water partition coefficient (Wildman–Crippen LogP) is 2.10. The van der Waals surface area contributed by atoms with Crippen molar-refractivity contribution in [3.8, 4) is 0 Å². The molecular weight excluding hydrogens is 304 g/mol. The Kier molecular flexibility index (Phi) is 7.42. The summed E-state index contributed by atoms with van der Waals surface area (Å²) in [7, 11) is 1.64. The molecule has 0 bridgehead atoms. The number of carbonyl (C=O) groups is 1. The van der Waals surface area contributed by atoms with Crippen LogP contribution < -0.4 is 11.1 Å². The van der Waals surface area contributed by atoms with Crippen molar-refractivity contribution in [2.75, 3.05) is 24.8 Å². The number of anilines is 2. The van der Waals surface area contributed by atoms with Gasteiger partial charge < -0.3 is 15.8 Å². The van der Waals surface area contributed by atoms with Gasteiger partial charge in [-0.25, -0.2) is 0 Å². The molecule has 1 heterocycles. The molecule has 3 N–H and O–H groups in total. The molecule has 0 aliphatic rings. The molecule has 1 amide bonds. The van der Waals surface area contributed by atoms with Crippen molar-refractivity contribution in [2.24, 2.45) is 0 Å². The van der Waals surface area contributed by atoms with Crippen LogP contribution in [-0.2, 0) is 22.5 Å². The van der Waals surface area contributed by atoms with Crippen LogP contribution in [0.3, 0.4) is 0 Å². The highest BCUT2D eigenvalue weighted by Gasteiger charge is 2.07. The molecule has 0 saturated heterocycles. The lowest BCUT2D eigenvalue weighted by Crippen LogP contribution is -2.14. The molecule has 1 aromatic carbocycles. The second kappa shape index (κ2) is 9.07. The van der Waals surface area contributed by atoms with Gasteiger partial charge in [0.05, 0.1) is 13.2 Å². The number of amides is 1. The number of ether oxygens (including phenoxy) is 1. The predicted molar refractivity (Wildman–Crippen MR) is 89.2 cm³/mol. The molecule has 1 aromatic heterocycles. The maximum absolute atomic E-state index is 11.9. The van der Waals surface area contributed by atoms with E-state index in [0.29, 0.717) is 37.5 Å². The zero-order valence-corrected chi connectivity index (χ0v) is 13.3. The molecule has 0 aliphatic carbocycles. The molecule has 0 fully saturated rings. The van der Waals surface area contributed by atoms with Crippen molar-refractivity contribution in [2.45, 2.75) is 19.4 Å². The van der Waals surface area contributed by atoms with Gasteiger partial charge in [-0.15, -0.1) is 12.4 Å². The van der Waals surface area contributed by atoms with Crippen molar-refractivity contribution in [1.82, 2.24) is 9.78 Å². The maximum Gasteiger partial charge on any atom is 0.225 e. The Hall–Kier alpha value is -2.05. The number of nitrogens with two attached hydrogens (primary N) is 1. The fourth-order valence-electron chi connectivity index (χ4n) is 1.95. The number of rotatable bonds is 7. The molecule has 22 heavy (non-hydrogen) atoms. The fourth-order valence-corrected chi connectivity index (χ4v) is 1.95. The molecule has 7 heteroatoms. The van der Waals surface area contributed by atoms with Gasteiger partial charge in [-0.2, -0.15) is 5.10 Å². The number of hydrogen-bond donors (Lipinski definition) is 2. The van der Waals surface area contributed by atoms with Gasteiger partial charge in [0.25, 0.3) is 0 Å². The average molecular weight is 325 g/mol. The zero-order chi connectivity index (χ0) is 15.1. The van der Waals surface area contributed by atoms with Crippen molar-refractivity contribution in [3.63, 3.8) is 0 Å². The zero-order valence-electron chi connectivity index (χ0n) is 12.5. The van der Waals surface area contributed by atoms with Crippen LogP contribution >= 0.6 is 12.4 Å². The summed E-state index contributed by atoms with van der Waals surface area (Å²) in [6.45, 7) is 1.25. The highest BCUT2D eigenvalue weighted by molar-refractivity contribution is 5.89. The van der Waals surface area contributed by atoms with E-state index in [1.54, 1.807) is 17.9 Å². The van der Waals surface area contributed by atoms with Crippen LogP contribution in [0.25, 0.3) is 0 Å². The summed E-state index contributed by atoms with van der Waals surface area (Å²) in [5.41, 5.74) is 7.55. The average Bonchev–Trinajstić information content (AvgIpc) is 2.91. The molecule has 0 spiro atoms. The van der Waals surface area contributed by atoms with Gasteiger partial charge >= 0.3 is 0 Å². The van der Waals surface area contributed by atoms with E-state index in [-0.39, 0.29) is 18.3 Å². The molecule has 2 aromatic rings. The quantitative estimate of drug-likeness (QED) is 0.764. The Balaban J connectivity index is 0.00000242. The molecule has 0 saturated carbocycles. The van der Waals surface area contributed by atoms with Crippen LogP contribution in [0.1, 0.15) is 12.0 Å². The Morgan fingerprint density at radius 2 is 2.14 bits per heavy atom. The van der Waals surface area contributed by atoms with E-state index in [2.05, 4.69) is 10.4 Å². The number of nitrogens with zero attached hydrogens (tertiary/aromatic N) is 2. The smallest absolute Gasteiger partial charge is 0.225 e. The summed E-state index contributed by atoms with van der Waals surface area (Å²) >= 11 is 0. The third-order valence-electron chi connectivity index (χ3n) is 3.11. The molecule has 2 rings (SSSR count). The first kappa shape index (κ1) is 18.0. The second-order valence-corrected chi connectivity index (χ2v) is 4.70. The van der Waals surface area contributed by atoms with E-state index in [1.807, 2.05) is 30.5 Å². The normalized spacial score (nSPS) is 10.0. The number of para-hydroxylation sites is 1. The van der Waals surface area contributed by atoms with Crippen LogP contribution in [-0.4, -0.2) is 29.4 Å². The Morgan fingerprint density at radius 1 is 1.36 bits per heavy atom. The summed E-state index contributed by atoms with van der Waals surface area (Å²) in [6.07, 6.45) is 2.80. The van der Waals surface area contributed by atoms with Gasteiger partial charge in [0.2, 0.25) is 5.91 Å². The van der Waals surface area contributed by atoms with Crippen molar-refractivity contribution >= 4 is 29.8 Å². The number of nitrogens with one attached hydrogen (secondary N) is 1. The van der Waals surface area contributed by atoms with E-state index >= 15 is 0 Å². The number of methoxy groups -OCH3 is 1. The topological polar surface area (TPSA) is 82.2 Å². The second-order valence-electron chi connectivity index (χ2n) is 4.70. The highest BCUT2D eigenvalue weighted by Crippen LogP contribution is 2.13. The number of nitrogen functional groups attached to an aromatic ring is 1. The van der Waals surface area contributed by atoms with E-state index in [9.17, 15) is 4.79 Å². The van der Waals surface area contributed by atoms with Gasteiger partial charge in [0.1, 0.15) is 0 Å². The first-order valence-corrected chi connectivity index (χ1v) is 6.84. The summed E-state index contributed by atoms with van der Waals surface area (Å²) in [6, 6.07) is 9.34. The first-order chi connectivity index (χ1) is 10.2. The number of benzene rings is 1. The molecule has 0 unspecified atom stereocenters. The standard InChI is InChI=1S/C15H20N4O2.ClH/c1-21-11-10-19-9-8-14(18-19)17-15(20)7-6-12-4-2-3-5-13(12)16;/h2-5,8-9H,6-7,10-11,16H2,1H3,(H,17,18,20);1H. The lowest BCUT2D eigenvalue weighted by Gasteiger charge is -2.05. The van der Waals surface area contributed by atoms with E-state index in [1.165, 1.54) is 0 Å². The first-order valence-electron chi connectivity index (χ1n) is 6.84. The van der Waals surface area contributed by atoms with Gasteiger partial charge in [-0.05, 0) is 18.1 Å². The molecule has 0 aliphatic heterocycles. The minimum Gasteiger partial charge on any atom is -0.399 e. The maximum atomic E-state index is 11.9. The third kappa shape index (κ3) is 5.38. The van der Waals surface area contributed by atoms with Gasteiger partial charge in [-0.3, -0.25) is 9.48 Å². The monoisotopic (exact) mass is 324 g/mol. The van der Waals surface area contributed by atoms with E-state index in [4.69, 9.17) is 10.5 Å². The third-order valence-corrected chi connectivity index (χ3v) is 3.11. The van der Waals surface area contributed by atoms with Crippen molar-refractivity contribution in [1.29, 1.82) is 0 Å². The lowest BCUT2D eigenvalue weighted by molar-refractivity contribution is -0.116. The molecular formula is C15H21ClN4O2. The minimum atomic E-state index is -0.0738. The van der Waals surface area contributed by atoms with Crippen LogP contribution in [0.2, 0.25) is 0 Å². The largest absolute Gasteiger partial charge is 0.399 e. The highest BCUT2D eigenvalue weighted by atomic mass is 35.5. The number of aryl methyl sites for hydroxylation is 1. The van der Waals surface area contributed by atoms with Crippen LogP contribution in [0.5, 0.6) is 0 Å².